The Bertz CT molecular complexity index is 524. The molecule has 106 valence electrons. The largest absolute Gasteiger partial charge is 0.497 e. The van der Waals surface area contributed by atoms with E-state index in [1.54, 1.807) is 24.3 Å². The van der Waals surface area contributed by atoms with E-state index < -0.39 is 27.6 Å². The van der Waals surface area contributed by atoms with Gasteiger partial charge in [0.15, 0.2) is 9.84 Å². The van der Waals surface area contributed by atoms with Crippen molar-refractivity contribution in [1.29, 1.82) is 0 Å². The van der Waals surface area contributed by atoms with E-state index in [9.17, 15) is 13.2 Å². The van der Waals surface area contributed by atoms with Gasteiger partial charge in [0.25, 0.3) is 0 Å². The number of hydrogen-bond donors (Lipinski definition) is 1. The number of nitrogens with two attached hydrogens (primary N) is 1. The number of methoxy groups -OCH3 is 2. The monoisotopic (exact) mass is 287 g/mol. The molecule has 0 bridgehead atoms. The summed E-state index contributed by atoms with van der Waals surface area (Å²) in [7, 11) is -0.909. The molecule has 0 aliphatic rings. The summed E-state index contributed by atoms with van der Waals surface area (Å²) in [4.78, 5) is 11.0. The summed E-state index contributed by atoms with van der Waals surface area (Å²) in [6.07, 6.45) is 0. The predicted molar refractivity (Wildman–Crippen MR) is 70.6 cm³/mol. The molecular weight excluding hydrogens is 270 g/mol. The third-order valence-corrected chi connectivity index (χ3v) is 4.09. The van der Waals surface area contributed by atoms with E-state index in [2.05, 4.69) is 4.74 Å². The molecule has 0 heterocycles. The minimum Gasteiger partial charge on any atom is -0.497 e. The second-order valence-corrected chi connectivity index (χ2v) is 6.12. The number of rotatable bonds is 6. The van der Waals surface area contributed by atoms with Crippen LogP contribution in [0.4, 0.5) is 0 Å². The topological polar surface area (TPSA) is 95.7 Å². The standard InChI is InChI=1S/C12H17NO5S/c1-17-10-5-3-9(4-6-10)11(13)7-19(15,16)8-12(14)18-2/h3-6,11H,7-8,13H2,1-2H3. The fourth-order valence-corrected chi connectivity index (χ4v) is 2.85. The molecule has 0 aromatic heterocycles. The summed E-state index contributed by atoms with van der Waals surface area (Å²) in [6, 6.07) is 6.08. The number of sulfone groups is 1. The van der Waals surface area contributed by atoms with E-state index >= 15 is 0 Å². The average Bonchev–Trinajstić information content (AvgIpc) is 2.37. The van der Waals surface area contributed by atoms with Crippen LogP contribution in [0.3, 0.4) is 0 Å². The lowest BCUT2D eigenvalue weighted by Crippen LogP contribution is -2.27. The summed E-state index contributed by atoms with van der Waals surface area (Å²) in [5.41, 5.74) is 6.48. The van der Waals surface area contributed by atoms with E-state index in [0.717, 1.165) is 7.11 Å². The van der Waals surface area contributed by atoms with Gasteiger partial charge in [0.2, 0.25) is 0 Å². The number of benzene rings is 1. The summed E-state index contributed by atoms with van der Waals surface area (Å²) in [6.45, 7) is 0. The highest BCUT2D eigenvalue weighted by atomic mass is 32.2. The van der Waals surface area contributed by atoms with Crippen molar-refractivity contribution >= 4 is 15.8 Å². The van der Waals surface area contributed by atoms with Gasteiger partial charge < -0.3 is 15.2 Å². The van der Waals surface area contributed by atoms with Crippen LogP contribution < -0.4 is 10.5 Å². The van der Waals surface area contributed by atoms with Gasteiger partial charge in [-0.3, -0.25) is 4.79 Å². The Morgan fingerprint density at radius 2 is 1.84 bits per heavy atom. The first-order valence-electron chi connectivity index (χ1n) is 5.54. The van der Waals surface area contributed by atoms with Crippen LogP contribution in [0.25, 0.3) is 0 Å². The maximum atomic E-state index is 11.7. The molecule has 6 nitrogen and oxygen atoms in total. The number of carbonyl (C=O) groups is 1. The van der Waals surface area contributed by atoms with Crippen LogP contribution >= 0.6 is 0 Å². The summed E-state index contributed by atoms with van der Waals surface area (Å²) in [5.74, 6) is -1.10. The van der Waals surface area contributed by atoms with Crippen molar-refractivity contribution in [2.24, 2.45) is 5.73 Å². The normalized spacial score (nSPS) is 12.8. The lowest BCUT2D eigenvalue weighted by Gasteiger charge is -2.12. The highest BCUT2D eigenvalue weighted by molar-refractivity contribution is 7.92. The van der Waals surface area contributed by atoms with Gasteiger partial charge >= 0.3 is 5.97 Å². The molecule has 0 fully saturated rings. The zero-order valence-electron chi connectivity index (χ0n) is 10.8. The molecule has 1 aromatic rings. The Hall–Kier alpha value is -1.60. The van der Waals surface area contributed by atoms with Crippen molar-refractivity contribution in [3.8, 4) is 5.75 Å². The van der Waals surface area contributed by atoms with Crippen molar-refractivity contribution in [2.75, 3.05) is 25.7 Å². The van der Waals surface area contributed by atoms with Crippen molar-refractivity contribution in [1.82, 2.24) is 0 Å². The Labute approximate surface area is 112 Å². The van der Waals surface area contributed by atoms with Crippen molar-refractivity contribution in [2.45, 2.75) is 6.04 Å². The maximum absolute atomic E-state index is 11.7. The molecule has 2 N–H and O–H groups in total. The van der Waals surface area contributed by atoms with E-state index in [1.807, 2.05) is 0 Å². The van der Waals surface area contributed by atoms with Gasteiger partial charge in [0, 0.05) is 6.04 Å². The highest BCUT2D eigenvalue weighted by Crippen LogP contribution is 2.17. The van der Waals surface area contributed by atoms with Crippen LogP contribution in [-0.2, 0) is 19.4 Å². The van der Waals surface area contributed by atoms with Crippen LogP contribution in [0.15, 0.2) is 24.3 Å². The Balaban J connectivity index is 2.72. The molecule has 1 unspecified atom stereocenters. The molecule has 1 rings (SSSR count). The first-order valence-corrected chi connectivity index (χ1v) is 7.37. The second kappa shape index (κ2) is 6.53. The molecule has 7 heteroatoms. The number of hydrogen-bond acceptors (Lipinski definition) is 6. The van der Waals surface area contributed by atoms with Crippen molar-refractivity contribution in [3.63, 3.8) is 0 Å². The number of ether oxygens (including phenoxy) is 2. The SMILES string of the molecule is COC(=O)CS(=O)(=O)CC(N)c1ccc(OC)cc1. The van der Waals surface area contributed by atoms with E-state index in [0.29, 0.717) is 11.3 Å². The Kier molecular flexibility index (Phi) is 5.31. The van der Waals surface area contributed by atoms with Crippen molar-refractivity contribution < 1.29 is 22.7 Å². The van der Waals surface area contributed by atoms with Crippen LogP contribution in [0, 0.1) is 0 Å². The zero-order valence-corrected chi connectivity index (χ0v) is 11.6. The fraction of sp³-hybridized carbons (Fsp3) is 0.417. The van der Waals surface area contributed by atoms with Gasteiger partial charge in [0.05, 0.1) is 20.0 Å². The maximum Gasteiger partial charge on any atom is 0.320 e. The van der Waals surface area contributed by atoms with Crippen LogP contribution in [-0.4, -0.2) is 40.1 Å². The van der Waals surface area contributed by atoms with Crippen molar-refractivity contribution in [3.05, 3.63) is 29.8 Å². The first kappa shape index (κ1) is 15.5. The average molecular weight is 287 g/mol. The molecule has 1 aromatic carbocycles. The lowest BCUT2D eigenvalue weighted by molar-refractivity contribution is -0.137. The van der Waals surface area contributed by atoms with Crippen LogP contribution in [0.2, 0.25) is 0 Å². The third-order valence-electron chi connectivity index (χ3n) is 2.54. The summed E-state index contributed by atoms with van der Waals surface area (Å²) >= 11 is 0. The van der Waals surface area contributed by atoms with E-state index in [-0.39, 0.29) is 5.75 Å². The van der Waals surface area contributed by atoms with Gasteiger partial charge in [-0.25, -0.2) is 8.42 Å². The second-order valence-electron chi connectivity index (χ2n) is 4.01. The molecule has 0 saturated carbocycles. The van der Waals surface area contributed by atoms with Gasteiger partial charge in [0.1, 0.15) is 11.5 Å². The van der Waals surface area contributed by atoms with Crippen LogP contribution in [0.5, 0.6) is 5.75 Å². The predicted octanol–water partition coefficient (Wildman–Crippen LogP) is 0.283. The number of carbonyl (C=O) groups excluding carboxylic acids is 1. The van der Waals surface area contributed by atoms with Gasteiger partial charge in [-0.1, -0.05) is 12.1 Å². The molecule has 1 atom stereocenters. The molecule has 0 aliphatic carbocycles. The molecule has 0 radical (unpaired) electrons. The van der Waals surface area contributed by atoms with E-state index in [4.69, 9.17) is 10.5 Å². The fourth-order valence-electron chi connectivity index (χ4n) is 1.52. The number of esters is 1. The Morgan fingerprint density at radius 3 is 2.32 bits per heavy atom. The lowest BCUT2D eigenvalue weighted by atomic mass is 10.1. The summed E-state index contributed by atoms with van der Waals surface area (Å²) in [5, 5.41) is 0. The van der Waals surface area contributed by atoms with Crippen LogP contribution in [0.1, 0.15) is 11.6 Å². The molecule has 0 spiro atoms. The van der Waals surface area contributed by atoms with E-state index in [1.165, 1.54) is 7.11 Å². The molecule has 0 saturated heterocycles. The molecular formula is C12H17NO5S. The first-order chi connectivity index (χ1) is 8.88. The van der Waals surface area contributed by atoms with Gasteiger partial charge in [-0.15, -0.1) is 0 Å². The quantitative estimate of drug-likeness (QED) is 0.755. The molecule has 0 amide bonds. The zero-order chi connectivity index (χ0) is 14.5. The molecule has 19 heavy (non-hydrogen) atoms. The highest BCUT2D eigenvalue weighted by Gasteiger charge is 2.21. The minimum atomic E-state index is -3.59. The van der Waals surface area contributed by atoms with Gasteiger partial charge in [-0.2, -0.15) is 0 Å². The smallest absolute Gasteiger partial charge is 0.320 e. The van der Waals surface area contributed by atoms with Gasteiger partial charge in [-0.05, 0) is 17.7 Å². The minimum absolute atomic E-state index is 0.311. The summed E-state index contributed by atoms with van der Waals surface area (Å²) < 4.78 is 32.7. The molecule has 0 aliphatic heterocycles. The third kappa shape index (κ3) is 4.88. The Morgan fingerprint density at radius 1 is 1.26 bits per heavy atom.